The van der Waals surface area contributed by atoms with E-state index in [1.54, 1.807) is 25.5 Å². The van der Waals surface area contributed by atoms with Gasteiger partial charge in [-0.05, 0) is 38.0 Å². The average molecular weight is 349 g/mol. The summed E-state index contributed by atoms with van der Waals surface area (Å²) >= 11 is 5.99. The standard InChI is InChI=1S/C17H21ClN4O2/c1-17(24)5-7-22(8-6-17)13-3-4-15(19-10-13)20-14-9-12(18)11-21(2)16(14)23/h3-4,9-11,24H,5-8H2,1-2H3,(H,19,20). The number of aryl methyl sites for hydroxylation is 1. The minimum atomic E-state index is -0.571. The minimum Gasteiger partial charge on any atom is -0.390 e. The van der Waals surface area contributed by atoms with Crippen LogP contribution in [-0.4, -0.2) is 33.3 Å². The molecule has 1 aliphatic rings. The van der Waals surface area contributed by atoms with Gasteiger partial charge in [-0.2, -0.15) is 0 Å². The van der Waals surface area contributed by atoms with E-state index in [-0.39, 0.29) is 5.56 Å². The Bertz CT molecular complexity index is 776. The molecule has 1 saturated heterocycles. The first-order chi connectivity index (χ1) is 11.3. The van der Waals surface area contributed by atoms with Crippen LogP contribution >= 0.6 is 11.6 Å². The highest BCUT2D eigenvalue weighted by Crippen LogP contribution is 2.26. The Morgan fingerprint density at radius 2 is 2.04 bits per heavy atom. The van der Waals surface area contributed by atoms with Crippen molar-refractivity contribution >= 4 is 28.8 Å². The Kier molecular flexibility index (Phi) is 4.51. The van der Waals surface area contributed by atoms with Crippen LogP contribution in [0.2, 0.25) is 5.02 Å². The second-order valence-corrected chi connectivity index (χ2v) is 6.94. The molecular weight excluding hydrogens is 328 g/mol. The zero-order valence-corrected chi connectivity index (χ0v) is 14.5. The van der Waals surface area contributed by atoms with E-state index in [4.69, 9.17) is 11.6 Å². The Labute approximate surface area is 145 Å². The van der Waals surface area contributed by atoms with E-state index in [0.717, 1.165) is 31.6 Å². The van der Waals surface area contributed by atoms with Crippen LogP contribution in [0.5, 0.6) is 0 Å². The van der Waals surface area contributed by atoms with Crippen LogP contribution in [0.25, 0.3) is 0 Å². The van der Waals surface area contributed by atoms with Crippen molar-refractivity contribution in [3.05, 3.63) is 46.0 Å². The third kappa shape index (κ3) is 3.71. The van der Waals surface area contributed by atoms with Gasteiger partial charge in [-0.15, -0.1) is 0 Å². The monoisotopic (exact) mass is 348 g/mol. The highest BCUT2D eigenvalue weighted by Gasteiger charge is 2.27. The number of nitrogens with one attached hydrogen (secondary N) is 1. The summed E-state index contributed by atoms with van der Waals surface area (Å²) < 4.78 is 1.43. The van der Waals surface area contributed by atoms with Crippen molar-refractivity contribution in [3.63, 3.8) is 0 Å². The topological polar surface area (TPSA) is 70.4 Å². The first kappa shape index (κ1) is 16.8. The summed E-state index contributed by atoms with van der Waals surface area (Å²) in [4.78, 5) is 18.7. The number of rotatable bonds is 3. The maximum atomic E-state index is 12.1. The van der Waals surface area contributed by atoms with Crippen molar-refractivity contribution in [1.29, 1.82) is 0 Å². The minimum absolute atomic E-state index is 0.163. The molecule has 2 aromatic heterocycles. The summed E-state index contributed by atoms with van der Waals surface area (Å²) in [7, 11) is 1.65. The third-order valence-electron chi connectivity index (χ3n) is 4.37. The number of aliphatic hydroxyl groups is 1. The second-order valence-electron chi connectivity index (χ2n) is 6.50. The SMILES string of the molecule is Cn1cc(Cl)cc(Nc2ccc(N3CCC(C)(O)CC3)cn2)c1=O. The number of anilines is 3. The maximum absolute atomic E-state index is 12.1. The van der Waals surface area contributed by atoms with Crippen molar-refractivity contribution in [2.45, 2.75) is 25.4 Å². The van der Waals surface area contributed by atoms with Gasteiger partial charge in [0.05, 0.1) is 22.5 Å². The van der Waals surface area contributed by atoms with Crippen LogP contribution in [0.1, 0.15) is 19.8 Å². The zero-order chi connectivity index (χ0) is 17.3. The molecule has 7 heteroatoms. The number of pyridine rings is 2. The van der Waals surface area contributed by atoms with Gasteiger partial charge in [-0.1, -0.05) is 11.6 Å². The molecule has 128 valence electrons. The summed E-state index contributed by atoms with van der Waals surface area (Å²) in [6.07, 6.45) is 4.82. The first-order valence-corrected chi connectivity index (χ1v) is 8.28. The molecule has 0 aromatic carbocycles. The predicted octanol–water partition coefficient (Wildman–Crippen LogP) is 2.53. The molecule has 1 fully saturated rings. The van der Waals surface area contributed by atoms with Crippen molar-refractivity contribution in [2.24, 2.45) is 7.05 Å². The van der Waals surface area contributed by atoms with Crippen LogP contribution in [0, 0.1) is 0 Å². The number of hydrogen-bond donors (Lipinski definition) is 2. The lowest BCUT2D eigenvalue weighted by molar-refractivity contribution is 0.0351. The molecule has 3 heterocycles. The van der Waals surface area contributed by atoms with E-state index < -0.39 is 5.60 Å². The predicted molar refractivity (Wildman–Crippen MR) is 96.3 cm³/mol. The lowest BCUT2D eigenvalue weighted by Crippen LogP contribution is -2.42. The maximum Gasteiger partial charge on any atom is 0.274 e. The molecule has 0 saturated carbocycles. The number of nitrogens with zero attached hydrogens (tertiary/aromatic N) is 3. The Morgan fingerprint density at radius 1 is 1.33 bits per heavy atom. The molecule has 0 unspecified atom stereocenters. The summed E-state index contributed by atoms with van der Waals surface area (Å²) in [6, 6.07) is 5.39. The van der Waals surface area contributed by atoms with E-state index >= 15 is 0 Å². The molecule has 0 bridgehead atoms. The van der Waals surface area contributed by atoms with Crippen LogP contribution in [-0.2, 0) is 7.05 Å². The van der Waals surface area contributed by atoms with Crippen molar-refractivity contribution in [2.75, 3.05) is 23.3 Å². The second kappa shape index (κ2) is 6.45. The van der Waals surface area contributed by atoms with Gasteiger partial charge >= 0.3 is 0 Å². The Hall–Kier alpha value is -2.05. The average Bonchev–Trinajstić information content (AvgIpc) is 2.53. The molecule has 3 rings (SSSR count). The molecule has 1 aliphatic heterocycles. The van der Waals surface area contributed by atoms with E-state index in [2.05, 4.69) is 15.2 Å². The Balaban J connectivity index is 1.73. The smallest absolute Gasteiger partial charge is 0.274 e. The van der Waals surface area contributed by atoms with Gasteiger partial charge in [0.25, 0.3) is 5.56 Å². The van der Waals surface area contributed by atoms with Crippen LogP contribution < -0.4 is 15.8 Å². The summed E-state index contributed by atoms with van der Waals surface area (Å²) in [5.41, 5.74) is 0.663. The highest BCUT2D eigenvalue weighted by molar-refractivity contribution is 6.30. The van der Waals surface area contributed by atoms with Gasteiger partial charge in [0.2, 0.25) is 0 Å². The van der Waals surface area contributed by atoms with Gasteiger partial charge in [-0.25, -0.2) is 4.98 Å². The van der Waals surface area contributed by atoms with E-state index in [1.807, 2.05) is 19.1 Å². The van der Waals surface area contributed by atoms with Crippen LogP contribution in [0.4, 0.5) is 17.2 Å². The quantitative estimate of drug-likeness (QED) is 0.892. The van der Waals surface area contributed by atoms with Crippen LogP contribution in [0.3, 0.4) is 0 Å². The fourth-order valence-electron chi connectivity index (χ4n) is 2.79. The molecule has 0 aliphatic carbocycles. The number of halogens is 1. The van der Waals surface area contributed by atoms with Gasteiger partial charge in [0.15, 0.2) is 0 Å². The first-order valence-electron chi connectivity index (χ1n) is 7.91. The van der Waals surface area contributed by atoms with Gasteiger partial charge in [0.1, 0.15) is 11.5 Å². The van der Waals surface area contributed by atoms with Crippen molar-refractivity contribution in [3.8, 4) is 0 Å². The molecule has 24 heavy (non-hydrogen) atoms. The van der Waals surface area contributed by atoms with Crippen LogP contribution in [0.15, 0.2) is 35.4 Å². The molecule has 2 N–H and O–H groups in total. The molecular formula is C17H21ClN4O2. The number of piperidine rings is 1. The lowest BCUT2D eigenvalue weighted by atomic mass is 9.94. The summed E-state index contributed by atoms with van der Waals surface area (Å²) in [5.74, 6) is 0.585. The normalized spacial score (nSPS) is 16.9. The van der Waals surface area contributed by atoms with E-state index in [9.17, 15) is 9.90 Å². The summed E-state index contributed by atoms with van der Waals surface area (Å²) in [5, 5.41) is 13.5. The van der Waals surface area contributed by atoms with Gasteiger partial charge < -0.3 is 19.9 Å². The summed E-state index contributed by atoms with van der Waals surface area (Å²) in [6.45, 7) is 3.48. The van der Waals surface area contributed by atoms with Crippen molar-refractivity contribution < 1.29 is 5.11 Å². The zero-order valence-electron chi connectivity index (χ0n) is 13.8. The highest BCUT2D eigenvalue weighted by atomic mass is 35.5. The van der Waals surface area contributed by atoms with Gasteiger partial charge in [0, 0.05) is 26.3 Å². The lowest BCUT2D eigenvalue weighted by Gasteiger charge is -2.36. The Morgan fingerprint density at radius 3 is 2.67 bits per heavy atom. The van der Waals surface area contributed by atoms with E-state index in [1.165, 1.54) is 4.57 Å². The van der Waals surface area contributed by atoms with Crippen molar-refractivity contribution in [1.82, 2.24) is 9.55 Å². The number of aromatic nitrogens is 2. The molecule has 0 spiro atoms. The number of hydrogen-bond acceptors (Lipinski definition) is 5. The third-order valence-corrected chi connectivity index (χ3v) is 4.57. The fraction of sp³-hybridized carbons (Fsp3) is 0.412. The largest absolute Gasteiger partial charge is 0.390 e. The van der Waals surface area contributed by atoms with E-state index in [0.29, 0.717) is 16.5 Å². The molecule has 2 aromatic rings. The molecule has 6 nitrogen and oxygen atoms in total. The fourth-order valence-corrected chi connectivity index (χ4v) is 3.05. The molecule has 0 amide bonds. The molecule has 0 atom stereocenters. The van der Waals surface area contributed by atoms with Gasteiger partial charge in [-0.3, -0.25) is 4.79 Å². The molecule has 0 radical (unpaired) electrons.